The van der Waals surface area contributed by atoms with Crippen LogP contribution in [0.4, 0.5) is 0 Å². The number of carbonyl (C=O) groups excluding carboxylic acids is 1. The maximum absolute atomic E-state index is 10.1. The summed E-state index contributed by atoms with van der Waals surface area (Å²) in [5.41, 5.74) is 13.2. The van der Waals surface area contributed by atoms with Gasteiger partial charge in [0.2, 0.25) is 0 Å². The first-order valence-electron chi connectivity index (χ1n) is 21.5. The van der Waals surface area contributed by atoms with Crippen molar-refractivity contribution < 1.29 is 9.90 Å². The molecule has 0 aliphatic carbocycles. The third-order valence-corrected chi connectivity index (χ3v) is 16.6. The molecule has 4 aliphatic heterocycles. The summed E-state index contributed by atoms with van der Waals surface area (Å²) in [5.74, 6) is 0.346. The number of carboxylic acid groups (broad SMARTS) is 1. The van der Waals surface area contributed by atoms with E-state index < -0.39 is 5.97 Å². The summed E-state index contributed by atoms with van der Waals surface area (Å²) in [5, 5.41) is 10.8. The Hall–Kier alpha value is -3.70. The monoisotopic (exact) mass is 1070 g/mol. The van der Waals surface area contributed by atoms with Crippen LogP contribution in [0.3, 0.4) is 0 Å². The molecule has 0 amide bonds. The highest BCUT2D eigenvalue weighted by Gasteiger charge is 2.16. The summed E-state index contributed by atoms with van der Waals surface area (Å²) in [6.07, 6.45) is 24.6. The van der Waals surface area contributed by atoms with Crippen LogP contribution in [-0.4, -0.2) is 83.6 Å². The second-order valence-corrected chi connectivity index (χ2v) is 20.7. The fourth-order valence-electron chi connectivity index (χ4n) is 7.64. The molecule has 0 N–H and O–H groups in total. The van der Waals surface area contributed by atoms with E-state index in [0.717, 1.165) is 123 Å². The van der Waals surface area contributed by atoms with Crippen LogP contribution in [0.15, 0.2) is 102 Å². The topological polar surface area (TPSA) is 155 Å². The zero-order valence-corrected chi connectivity index (χ0v) is 41.4. The number of aliphatic imine (C=N–C) groups is 3. The summed E-state index contributed by atoms with van der Waals surface area (Å²) >= 11 is 10.9. The smallest absolute Gasteiger partial charge is 0.103 e. The lowest BCUT2D eigenvalue weighted by atomic mass is 10.1. The lowest BCUT2D eigenvalue weighted by Crippen LogP contribution is -2.21. The average molecular weight is 1080 g/mol. The van der Waals surface area contributed by atoms with Crippen LogP contribution in [0, 0.1) is 0 Å². The lowest BCUT2D eigenvalue weighted by Gasteiger charge is -2.06. The van der Waals surface area contributed by atoms with E-state index in [9.17, 15) is 9.90 Å². The van der Waals surface area contributed by atoms with Gasteiger partial charge < -0.3 is 9.90 Å². The van der Waals surface area contributed by atoms with Crippen LogP contribution in [-0.2, 0) is 24.1 Å². The SMILES string of the molecule is Brc1c(CC2=NCCC2)ccc2nccnc12.Brc1c(CC2=NCCC2)ccc2nccnc12.Brc1c(CC2=NCCC2)ccc2nccnc12.O=C([O-])CCCCC1CCSS1. The van der Waals surface area contributed by atoms with Crippen LogP contribution < -0.4 is 5.11 Å². The molecule has 328 valence electrons. The van der Waals surface area contributed by atoms with Gasteiger partial charge in [0.25, 0.3) is 0 Å². The molecule has 16 heteroatoms. The first-order valence-corrected chi connectivity index (χ1v) is 26.3. The Morgan fingerprint density at radius 3 is 1.30 bits per heavy atom. The van der Waals surface area contributed by atoms with Crippen molar-refractivity contribution in [3.63, 3.8) is 0 Å². The third-order valence-electron chi connectivity index (χ3n) is 10.9. The van der Waals surface area contributed by atoms with Gasteiger partial charge in [-0.05, 0) is 147 Å². The van der Waals surface area contributed by atoms with Gasteiger partial charge >= 0.3 is 0 Å². The molecule has 0 radical (unpaired) electrons. The fraction of sp³-hybridized carbons (Fsp3) is 0.404. The van der Waals surface area contributed by atoms with E-state index in [-0.39, 0.29) is 6.42 Å². The molecular weight excluding hydrogens is 1030 g/mol. The number of unbranched alkanes of at least 4 members (excludes halogenated alkanes) is 1. The van der Waals surface area contributed by atoms with E-state index in [1.807, 2.05) is 39.8 Å². The van der Waals surface area contributed by atoms with Crippen LogP contribution >= 0.6 is 69.4 Å². The Labute approximate surface area is 401 Å². The summed E-state index contributed by atoms with van der Waals surface area (Å²) in [6.45, 7) is 2.96. The number of nitrogens with zero attached hydrogens (tertiary/aromatic N) is 9. The highest BCUT2D eigenvalue weighted by atomic mass is 79.9. The molecule has 1 fully saturated rings. The largest absolute Gasteiger partial charge is 0.550 e. The number of hydrogen-bond acceptors (Lipinski definition) is 13. The molecule has 3 aromatic heterocycles. The fourth-order valence-corrected chi connectivity index (χ4v) is 12.4. The number of fused-ring (bicyclic) bond motifs is 3. The van der Waals surface area contributed by atoms with Crippen molar-refractivity contribution in [2.24, 2.45) is 15.0 Å². The number of aliphatic carboxylic acids is 1. The minimum Gasteiger partial charge on any atom is -0.550 e. The summed E-state index contributed by atoms with van der Waals surface area (Å²) in [4.78, 5) is 49.6. The van der Waals surface area contributed by atoms with Gasteiger partial charge in [-0.1, -0.05) is 46.2 Å². The highest BCUT2D eigenvalue weighted by Crippen LogP contribution is 2.40. The molecule has 0 bridgehead atoms. The van der Waals surface area contributed by atoms with Crippen molar-refractivity contribution in [2.75, 3.05) is 25.4 Å². The molecule has 10 rings (SSSR count). The Kier molecular flexibility index (Phi) is 18.4. The van der Waals surface area contributed by atoms with Crippen molar-refractivity contribution in [3.05, 3.63) is 104 Å². The van der Waals surface area contributed by atoms with Gasteiger partial charge in [0.15, 0.2) is 0 Å². The van der Waals surface area contributed by atoms with Crippen molar-refractivity contribution in [3.8, 4) is 0 Å². The minimum absolute atomic E-state index is 0.227. The maximum atomic E-state index is 10.1. The molecule has 3 aromatic carbocycles. The molecule has 7 heterocycles. The van der Waals surface area contributed by atoms with Crippen LogP contribution in [0.25, 0.3) is 33.1 Å². The predicted octanol–water partition coefficient (Wildman–Crippen LogP) is 11.0. The number of halogens is 3. The summed E-state index contributed by atoms with van der Waals surface area (Å²) < 4.78 is 3.16. The zero-order chi connectivity index (χ0) is 43.8. The van der Waals surface area contributed by atoms with E-state index in [4.69, 9.17) is 0 Å². The standard InChI is InChI=1S/3C13H12BrN3.C8H14O2S2/c3*14-12-9(8-10-2-1-5-15-10)3-4-11-13(12)17-7-6-16-11;9-8(10)4-2-1-3-7-5-6-11-12-7/h3*3-4,6-7H,1-2,5,8H2;7H,1-6H2,(H,9,10)/p-1. The minimum atomic E-state index is -0.913. The van der Waals surface area contributed by atoms with Crippen LogP contribution in [0.5, 0.6) is 0 Å². The quantitative estimate of drug-likeness (QED) is 0.0904. The molecule has 63 heavy (non-hydrogen) atoms. The summed E-state index contributed by atoms with van der Waals surface area (Å²) in [6, 6.07) is 12.4. The number of hydrogen-bond donors (Lipinski definition) is 0. The third kappa shape index (κ3) is 13.9. The van der Waals surface area contributed by atoms with E-state index in [1.54, 1.807) is 37.2 Å². The van der Waals surface area contributed by atoms with Crippen molar-refractivity contribution in [1.82, 2.24) is 29.9 Å². The molecule has 1 saturated heterocycles. The van der Waals surface area contributed by atoms with Crippen LogP contribution in [0.1, 0.15) is 87.3 Å². The Balaban J connectivity index is 0.000000127. The van der Waals surface area contributed by atoms with E-state index in [2.05, 4.69) is 111 Å². The van der Waals surface area contributed by atoms with E-state index in [1.165, 1.54) is 71.7 Å². The Morgan fingerprint density at radius 1 is 0.571 bits per heavy atom. The molecule has 1 unspecified atom stereocenters. The molecule has 0 spiro atoms. The predicted molar refractivity (Wildman–Crippen MR) is 269 cm³/mol. The molecule has 6 aromatic rings. The second kappa shape index (κ2) is 24.6. The van der Waals surface area contributed by atoms with Gasteiger partial charge in [0.1, 0.15) is 16.6 Å². The summed E-state index contributed by atoms with van der Waals surface area (Å²) in [7, 11) is 3.89. The van der Waals surface area contributed by atoms with Gasteiger partial charge in [-0.2, -0.15) is 0 Å². The van der Waals surface area contributed by atoms with Crippen molar-refractivity contribution in [1.29, 1.82) is 0 Å². The molecule has 4 aliphatic rings. The number of aromatic nitrogens is 6. The molecule has 11 nitrogen and oxygen atoms in total. The molecule has 0 saturated carbocycles. The van der Waals surface area contributed by atoms with Gasteiger partial charge in [0, 0.05) is 124 Å². The first-order chi connectivity index (χ1) is 30.8. The Morgan fingerprint density at radius 2 is 0.968 bits per heavy atom. The number of carbonyl (C=O) groups is 1. The maximum Gasteiger partial charge on any atom is 0.103 e. The van der Waals surface area contributed by atoms with E-state index >= 15 is 0 Å². The van der Waals surface area contributed by atoms with Gasteiger partial charge in [-0.3, -0.25) is 44.9 Å². The zero-order valence-electron chi connectivity index (χ0n) is 35.0. The average Bonchev–Trinajstić information content (AvgIpc) is 4.18. The van der Waals surface area contributed by atoms with Crippen molar-refractivity contribution in [2.45, 2.75) is 95.1 Å². The first kappa shape index (κ1) is 47.3. The molecule has 1 atom stereocenters. The number of carboxylic acids is 1. The number of benzene rings is 3. The second-order valence-electron chi connectivity index (χ2n) is 15.5. The lowest BCUT2D eigenvalue weighted by molar-refractivity contribution is -0.305. The van der Waals surface area contributed by atoms with Gasteiger partial charge in [-0.15, -0.1) is 0 Å². The number of rotatable bonds is 11. The normalized spacial score (nSPS) is 16.7. The highest BCUT2D eigenvalue weighted by molar-refractivity contribution is 9.11. The Bertz CT molecular complexity index is 2350. The van der Waals surface area contributed by atoms with Gasteiger partial charge in [0.05, 0.1) is 16.6 Å². The van der Waals surface area contributed by atoms with Crippen molar-refractivity contribution >= 4 is 126 Å². The van der Waals surface area contributed by atoms with Gasteiger partial charge in [-0.25, -0.2) is 0 Å². The van der Waals surface area contributed by atoms with E-state index in [0.29, 0.717) is 0 Å². The van der Waals surface area contributed by atoms with Crippen LogP contribution in [0.2, 0.25) is 0 Å². The molecular formula is C47H49Br3N9O2S2-.